The molecule has 0 saturated heterocycles. The molecule has 0 saturated carbocycles. The van der Waals surface area contributed by atoms with Crippen LogP contribution in [0.4, 0.5) is 5.82 Å². The molecule has 0 aliphatic rings. The second-order valence-electron chi connectivity index (χ2n) is 5.54. The van der Waals surface area contributed by atoms with Gasteiger partial charge >= 0.3 is 0 Å². The van der Waals surface area contributed by atoms with Crippen LogP contribution in [0.3, 0.4) is 0 Å². The number of aliphatic hydroxyl groups is 1. The van der Waals surface area contributed by atoms with Gasteiger partial charge in [0.2, 0.25) is 0 Å². The van der Waals surface area contributed by atoms with Crippen molar-refractivity contribution >= 4 is 17.4 Å². The van der Waals surface area contributed by atoms with Crippen molar-refractivity contribution in [3.05, 3.63) is 22.8 Å². The van der Waals surface area contributed by atoms with E-state index in [1.165, 1.54) is 0 Å². The smallest absolute Gasteiger partial charge is 0.126 e. The average Bonchev–Trinajstić information content (AvgIpc) is 2.27. The summed E-state index contributed by atoms with van der Waals surface area (Å²) in [6.45, 7) is 7.77. The van der Waals surface area contributed by atoms with Crippen molar-refractivity contribution in [3.63, 3.8) is 0 Å². The summed E-state index contributed by atoms with van der Waals surface area (Å²) in [5.41, 5.74) is 0.105. The fourth-order valence-electron chi connectivity index (χ4n) is 1.92. The summed E-state index contributed by atoms with van der Waals surface area (Å²) in [6.07, 6.45) is 1.05. The molecule has 0 aliphatic heterocycles. The summed E-state index contributed by atoms with van der Waals surface area (Å²) in [4.78, 5) is 6.53. The van der Waals surface area contributed by atoms with Gasteiger partial charge in [0.05, 0.1) is 16.3 Å². The van der Waals surface area contributed by atoms with E-state index in [0.29, 0.717) is 18.1 Å². The Morgan fingerprint density at radius 1 is 1.42 bits per heavy atom. The van der Waals surface area contributed by atoms with Gasteiger partial charge in [-0.3, -0.25) is 4.90 Å². The van der Waals surface area contributed by atoms with Gasteiger partial charge in [-0.2, -0.15) is 0 Å². The highest BCUT2D eigenvalue weighted by Gasteiger charge is 2.17. The molecule has 0 radical (unpaired) electrons. The second kappa shape index (κ2) is 7.08. The molecule has 19 heavy (non-hydrogen) atoms. The van der Waals surface area contributed by atoms with Crippen molar-refractivity contribution in [2.45, 2.75) is 39.3 Å². The topological polar surface area (TPSA) is 48.4 Å². The molecule has 0 fully saturated rings. The first kappa shape index (κ1) is 16.2. The maximum atomic E-state index is 9.80. The first-order valence-corrected chi connectivity index (χ1v) is 7.00. The van der Waals surface area contributed by atoms with Crippen LogP contribution in [0.1, 0.15) is 32.9 Å². The number of nitrogens with zero attached hydrogens (tertiary/aromatic N) is 2. The molecule has 2 N–H and O–H groups in total. The molecule has 0 bridgehead atoms. The monoisotopic (exact) mass is 285 g/mol. The number of hydrogen-bond acceptors (Lipinski definition) is 4. The number of hydrogen-bond donors (Lipinski definition) is 2. The SMILES string of the molecule is CCCNc1ccc(Cl)c(CN(C)CC(C)(C)O)n1. The molecule has 0 unspecified atom stereocenters. The van der Waals surface area contributed by atoms with E-state index in [9.17, 15) is 5.11 Å². The molecule has 1 aromatic rings. The third-order valence-electron chi connectivity index (χ3n) is 2.55. The highest BCUT2D eigenvalue weighted by Crippen LogP contribution is 2.18. The first-order chi connectivity index (χ1) is 8.81. The molecule has 108 valence electrons. The van der Waals surface area contributed by atoms with Gasteiger partial charge in [-0.05, 0) is 39.4 Å². The molecule has 5 heteroatoms. The maximum absolute atomic E-state index is 9.80. The van der Waals surface area contributed by atoms with Crippen LogP contribution in [0.5, 0.6) is 0 Å². The lowest BCUT2D eigenvalue weighted by molar-refractivity contribution is 0.0422. The van der Waals surface area contributed by atoms with Crippen LogP contribution in [0.2, 0.25) is 5.02 Å². The summed E-state index contributed by atoms with van der Waals surface area (Å²) < 4.78 is 0. The van der Waals surface area contributed by atoms with Gasteiger partial charge in [0.15, 0.2) is 0 Å². The molecular weight excluding hydrogens is 262 g/mol. The maximum Gasteiger partial charge on any atom is 0.126 e. The van der Waals surface area contributed by atoms with Gasteiger partial charge in [0, 0.05) is 19.6 Å². The molecule has 1 rings (SSSR count). The predicted octanol–water partition coefficient (Wildman–Crippen LogP) is 2.76. The standard InChI is InChI=1S/C14H24ClN3O/c1-5-8-16-13-7-6-11(15)12(17-13)9-18(4)10-14(2,3)19/h6-7,19H,5,8-10H2,1-4H3,(H,16,17). The van der Waals surface area contributed by atoms with Gasteiger partial charge in [-0.25, -0.2) is 4.98 Å². The van der Waals surface area contributed by atoms with Crippen LogP contribution in [0.15, 0.2) is 12.1 Å². The minimum Gasteiger partial charge on any atom is -0.389 e. The largest absolute Gasteiger partial charge is 0.389 e. The minimum atomic E-state index is -0.723. The molecule has 0 aliphatic carbocycles. The van der Waals surface area contributed by atoms with E-state index in [2.05, 4.69) is 17.2 Å². The van der Waals surface area contributed by atoms with E-state index in [4.69, 9.17) is 11.6 Å². The van der Waals surface area contributed by atoms with Gasteiger partial charge in [-0.15, -0.1) is 0 Å². The predicted molar refractivity (Wildman–Crippen MR) is 80.7 cm³/mol. The summed E-state index contributed by atoms with van der Waals surface area (Å²) in [6, 6.07) is 3.75. The Morgan fingerprint density at radius 2 is 2.11 bits per heavy atom. The number of anilines is 1. The Labute approximate surface area is 120 Å². The minimum absolute atomic E-state index is 0.567. The molecule has 0 atom stereocenters. The van der Waals surface area contributed by atoms with Crippen LogP contribution in [-0.2, 0) is 6.54 Å². The van der Waals surface area contributed by atoms with Crippen molar-refractivity contribution in [2.24, 2.45) is 0 Å². The van der Waals surface area contributed by atoms with E-state index < -0.39 is 5.60 Å². The summed E-state index contributed by atoms with van der Waals surface area (Å²) in [5.74, 6) is 0.845. The van der Waals surface area contributed by atoms with Gasteiger partial charge in [-0.1, -0.05) is 18.5 Å². The fraction of sp³-hybridized carbons (Fsp3) is 0.643. The number of halogens is 1. The number of aromatic nitrogens is 1. The Balaban J connectivity index is 2.70. The van der Waals surface area contributed by atoms with E-state index in [0.717, 1.165) is 24.5 Å². The van der Waals surface area contributed by atoms with Crippen LogP contribution in [0.25, 0.3) is 0 Å². The Bertz CT molecular complexity index is 404. The molecule has 0 amide bonds. The lowest BCUT2D eigenvalue weighted by atomic mass is 10.1. The lowest BCUT2D eigenvalue weighted by Crippen LogP contribution is -2.36. The van der Waals surface area contributed by atoms with Gasteiger partial charge in [0.25, 0.3) is 0 Å². The van der Waals surface area contributed by atoms with E-state index in [1.807, 2.05) is 24.1 Å². The average molecular weight is 286 g/mol. The molecule has 1 heterocycles. The highest BCUT2D eigenvalue weighted by atomic mass is 35.5. The number of likely N-dealkylation sites (N-methyl/N-ethyl adjacent to an activating group) is 1. The zero-order valence-corrected chi connectivity index (χ0v) is 13.0. The number of pyridine rings is 1. The van der Waals surface area contributed by atoms with Crippen molar-refractivity contribution in [1.29, 1.82) is 0 Å². The van der Waals surface area contributed by atoms with Crippen molar-refractivity contribution in [2.75, 3.05) is 25.5 Å². The van der Waals surface area contributed by atoms with Crippen LogP contribution >= 0.6 is 11.6 Å². The molecule has 1 aromatic heterocycles. The van der Waals surface area contributed by atoms with E-state index in [-0.39, 0.29) is 0 Å². The molecule has 0 aromatic carbocycles. The summed E-state index contributed by atoms with van der Waals surface area (Å²) in [5, 5.41) is 13.7. The number of rotatable bonds is 7. The Hall–Kier alpha value is -0.840. The van der Waals surface area contributed by atoms with Crippen LogP contribution in [-0.4, -0.2) is 40.7 Å². The lowest BCUT2D eigenvalue weighted by Gasteiger charge is -2.25. The third-order valence-corrected chi connectivity index (χ3v) is 2.90. The third kappa shape index (κ3) is 6.23. The van der Waals surface area contributed by atoms with Crippen molar-refractivity contribution in [1.82, 2.24) is 9.88 Å². The zero-order valence-electron chi connectivity index (χ0n) is 12.2. The molecular formula is C14H24ClN3O. The second-order valence-corrected chi connectivity index (χ2v) is 5.94. The fourth-order valence-corrected chi connectivity index (χ4v) is 2.08. The van der Waals surface area contributed by atoms with Crippen LogP contribution < -0.4 is 5.32 Å². The van der Waals surface area contributed by atoms with Crippen molar-refractivity contribution in [3.8, 4) is 0 Å². The first-order valence-electron chi connectivity index (χ1n) is 6.62. The quantitative estimate of drug-likeness (QED) is 0.809. The Kier molecular flexibility index (Phi) is 6.04. The van der Waals surface area contributed by atoms with Gasteiger partial charge < -0.3 is 10.4 Å². The molecule has 0 spiro atoms. The zero-order chi connectivity index (χ0) is 14.5. The van der Waals surface area contributed by atoms with Gasteiger partial charge in [0.1, 0.15) is 5.82 Å². The number of nitrogens with one attached hydrogen (secondary N) is 1. The van der Waals surface area contributed by atoms with Crippen molar-refractivity contribution < 1.29 is 5.11 Å². The van der Waals surface area contributed by atoms with E-state index >= 15 is 0 Å². The Morgan fingerprint density at radius 3 is 2.68 bits per heavy atom. The highest BCUT2D eigenvalue weighted by molar-refractivity contribution is 6.31. The van der Waals surface area contributed by atoms with E-state index in [1.54, 1.807) is 13.8 Å². The summed E-state index contributed by atoms with van der Waals surface area (Å²) in [7, 11) is 1.95. The van der Waals surface area contributed by atoms with Crippen LogP contribution in [0, 0.1) is 0 Å². The summed E-state index contributed by atoms with van der Waals surface area (Å²) >= 11 is 6.17. The molecule has 4 nitrogen and oxygen atoms in total. The normalized spacial score (nSPS) is 11.9.